The SMILES string of the molecule is CC(=CCCC(C)(C)O)CCCC(C)CC=O. The smallest absolute Gasteiger partial charge is 0.120 e. The summed E-state index contributed by atoms with van der Waals surface area (Å²) in [6.45, 7) is 7.96. The van der Waals surface area contributed by atoms with Gasteiger partial charge in [-0.05, 0) is 58.8 Å². The molecule has 0 bridgehead atoms. The molecule has 0 fully saturated rings. The first-order valence-corrected chi connectivity index (χ1v) is 6.67. The molecule has 0 aliphatic heterocycles. The van der Waals surface area contributed by atoms with E-state index < -0.39 is 5.60 Å². The molecule has 0 amide bonds. The average Bonchev–Trinajstić information content (AvgIpc) is 2.16. The van der Waals surface area contributed by atoms with Gasteiger partial charge in [-0.3, -0.25) is 0 Å². The molecule has 1 unspecified atom stereocenters. The second-order valence-electron chi connectivity index (χ2n) is 5.80. The van der Waals surface area contributed by atoms with Crippen LogP contribution in [0.4, 0.5) is 0 Å². The van der Waals surface area contributed by atoms with Crippen LogP contribution in [-0.4, -0.2) is 17.0 Å². The lowest BCUT2D eigenvalue weighted by Crippen LogP contribution is -2.17. The Balaban J connectivity index is 3.67. The molecule has 0 saturated carbocycles. The van der Waals surface area contributed by atoms with Crippen molar-refractivity contribution in [2.45, 2.75) is 71.8 Å². The van der Waals surface area contributed by atoms with Crippen molar-refractivity contribution < 1.29 is 9.90 Å². The van der Waals surface area contributed by atoms with Crippen molar-refractivity contribution in [3.63, 3.8) is 0 Å². The van der Waals surface area contributed by atoms with Gasteiger partial charge < -0.3 is 9.90 Å². The van der Waals surface area contributed by atoms with E-state index in [2.05, 4.69) is 19.9 Å². The van der Waals surface area contributed by atoms with Crippen LogP contribution >= 0.6 is 0 Å². The minimum Gasteiger partial charge on any atom is -0.390 e. The van der Waals surface area contributed by atoms with E-state index in [0.717, 1.165) is 38.4 Å². The summed E-state index contributed by atoms with van der Waals surface area (Å²) in [5, 5.41) is 9.58. The fourth-order valence-electron chi connectivity index (χ4n) is 1.79. The van der Waals surface area contributed by atoms with Gasteiger partial charge in [-0.25, -0.2) is 0 Å². The highest BCUT2D eigenvalue weighted by molar-refractivity contribution is 5.49. The number of aliphatic hydroxyl groups is 1. The van der Waals surface area contributed by atoms with Crippen LogP contribution in [0.2, 0.25) is 0 Å². The van der Waals surface area contributed by atoms with Crippen molar-refractivity contribution in [1.82, 2.24) is 0 Å². The minimum atomic E-state index is -0.560. The van der Waals surface area contributed by atoms with E-state index in [4.69, 9.17) is 0 Å². The second kappa shape index (κ2) is 8.46. The van der Waals surface area contributed by atoms with Crippen LogP contribution in [0.25, 0.3) is 0 Å². The topological polar surface area (TPSA) is 37.3 Å². The molecule has 0 aromatic heterocycles. The highest BCUT2D eigenvalue weighted by Crippen LogP contribution is 2.16. The van der Waals surface area contributed by atoms with Crippen molar-refractivity contribution in [2.75, 3.05) is 0 Å². The molecule has 0 aliphatic rings. The quantitative estimate of drug-likeness (QED) is 0.490. The lowest BCUT2D eigenvalue weighted by Gasteiger charge is -2.15. The van der Waals surface area contributed by atoms with E-state index >= 15 is 0 Å². The number of aldehydes is 1. The van der Waals surface area contributed by atoms with Crippen LogP contribution in [0.15, 0.2) is 11.6 Å². The molecule has 0 aliphatic carbocycles. The summed E-state index contributed by atoms with van der Waals surface area (Å²) in [7, 11) is 0. The van der Waals surface area contributed by atoms with Crippen molar-refractivity contribution in [1.29, 1.82) is 0 Å². The van der Waals surface area contributed by atoms with Crippen LogP contribution in [0.5, 0.6) is 0 Å². The predicted molar refractivity (Wildman–Crippen MR) is 73.0 cm³/mol. The number of carbonyl (C=O) groups is 1. The summed E-state index contributed by atoms with van der Waals surface area (Å²) < 4.78 is 0. The highest BCUT2D eigenvalue weighted by atomic mass is 16.3. The molecular formula is C15H28O2. The summed E-state index contributed by atoms with van der Waals surface area (Å²) in [4.78, 5) is 10.3. The van der Waals surface area contributed by atoms with Gasteiger partial charge in [-0.2, -0.15) is 0 Å². The van der Waals surface area contributed by atoms with Crippen LogP contribution in [-0.2, 0) is 4.79 Å². The number of hydrogen-bond acceptors (Lipinski definition) is 2. The van der Waals surface area contributed by atoms with E-state index in [-0.39, 0.29) is 0 Å². The maximum Gasteiger partial charge on any atom is 0.120 e. The third kappa shape index (κ3) is 11.6. The van der Waals surface area contributed by atoms with Crippen molar-refractivity contribution in [2.24, 2.45) is 5.92 Å². The van der Waals surface area contributed by atoms with Gasteiger partial charge in [0.25, 0.3) is 0 Å². The Morgan fingerprint density at radius 2 is 2.06 bits per heavy atom. The Labute approximate surface area is 106 Å². The fourth-order valence-corrected chi connectivity index (χ4v) is 1.79. The van der Waals surface area contributed by atoms with Crippen LogP contribution in [0.1, 0.15) is 66.2 Å². The monoisotopic (exact) mass is 240 g/mol. The normalized spacial score (nSPS) is 14.8. The number of rotatable bonds is 9. The van der Waals surface area contributed by atoms with E-state index in [0.29, 0.717) is 12.3 Å². The van der Waals surface area contributed by atoms with Gasteiger partial charge >= 0.3 is 0 Å². The third-order valence-corrected chi connectivity index (χ3v) is 3.02. The molecular weight excluding hydrogens is 212 g/mol. The Hall–Kier alpha value is -0.630. The first-order chi connectivity index (χ1) is 7.85. The molecule has 0 radical (unpaired) electrons. The summed E-state index contributed by atoms with van der Waals surface area (Å²) in [5.74, 6) is 0.511. The zero-order valence-electron chi connectivity index (χ0n) is 11.8. The largest absolute Gasteiger partial charge is 0.390 e. The Morgan fingerprint density at radius 1 is 1.41 bits per heavy atom. The van der Waals surface area contributed by atoms with Crippen LogP contribution < -0.4 is 0 Å². The Kier molecular flexibility index (Phi) is 8.15. The van der Waals surface area contributed by atoms with Crippen molar-refractivity contribution >= 4 is 6.29 Å². The molecule has 0 rings (SSSR count). The van der Waals surface area contributed by atoms with Gasteiger partial charge in [0.05, 0.1) is 5.60 Å². The molecule has 17 heavy (non-hydrogen) atoms. The number of hydrogen-bond donors (Lipinski definition) is 1. The zero-order chi connectivity index (χ0) is 13.3. The highest BCUT2D eigenvalue weighted by Gasteiger charge is 2.10. The van der Waals surface area contributed by atoms with Crippen LogP contribution in [0.3, 0.4) is 0 Å². The van der Waals surface area contributed by atoms with Gasteiger partial charge in [-0.15, -0.1) is 0 Å². The van der Waals surface area contributed by atoms with E-state index in [1.165, 1.54) is 5.57 Å². The zero-order valence-corrected chi connectivity index (χ0v) is 11.8. The third-order valence-electron chi connectivity index (χ3n) is 3.02. The van der Waals surface area contributed by atoms with Gasteiger partial charge in [0.2, 0.25) is 0 Å². The summed E-state index contributed by atoms with van der Waals surface area (Å²) in [6, 6.07) is 0. The maximum atomic E-state index is 10.3. The molecule has 0 saturated heterocycles. The maximum absolute atomic E-state index is 10.3. The first kappa shape index (κ1) is 16.4. The lowest BCUT2D eigenvalue weighted by atomic mass is 9.98. The molecule has 100 valence electrons. The number of allylic oxidation sites excluding steroid dienone is 2. The van der Waals surface area contributed by atoms with Gasteiger partial charge in [0.15, 0.2) is 0 Å². The Morgan fingerprint density at radius 3 is 2.59 bits per heavy atom. The first-order valence-electron chi connectivity index (χ1n) is 6.67. The second-order valence-corrected chi connectivity index (χ2v) is 5.80. The standard InChI is InChI=1S/C15H28O2/c1-13(9-6-11-15(3,4)17)7-5-8-14(2)10-12-16/h9,12,14,17H,5-8,10-11H2,1-4H3. The predicted octanol–water partition coefficient (Wildman–Crippen LogP) is 3.88. The average molecular weight is 240 g/mol. The minimum absolute atomic E-state index is 0.511. The van der Waals surface area contributed by atoms with Gasteiger partial charge in [0.1, 0.15) is 6.29 Å². The Bertz CT molecular complexity index is 236. The molecule has 0 heterocycles. The molecule has 0 spiro atoms. The summed E-state index contributed by atoms with van der Waals surface area (Å²) in [6.07, 6.45) is 9.05. The lowest BCUT2D eigenvalue weighted by molar-refractivity contribution is -0.108. The fraction of sp³-hybridized carbons (Fsp3) is 0.800. The molecule has 0 aromatic rings. The van der Waals surface area contributed by atoms with Crippen LogP contribution in [0, 0.1) is 5.92 Å². The molecule has 0 aromatic carbocycles. The molecule has 2 nitrogen and oxygen atoms in total. The number of carbonyl (C=O) groups excluding carboxylic acids is 1. The molecule has 1 atom stereocenters. The summed E-state index contributed by atoms with van der Waals surface area (Å²) in [5.41, 5.74) is 0.836. The van der Waals surface area contributed by atoms with Crippen molar-refractivity contribution in [3.8, 4) is 0 Å². The van der Waals surface area contributed by atoms with E-state index in [9.17, 15) is 9.90 Å². The van der Waals surface area contributed by atoms with Gasteiger partial charge in [0, 0.05) is 6.42 Å². The molecule has 1 N–H and O–H groups in total. The summed E-state index contributed by atoms with van der Waals surface area (Å²) >= 11 is 0. The van der Waals surface area contributed by atoms with E-state index in [1.54, 1.807) is 0 Å². The van der Waals surface area contributed by atoms with Crippen molar-refractivity contribution in [3.05, 3.63) is 11.6 Å². The van der Waals surface area contributed by atoms with E-state index in [1.807, 2.05) is 13.8 Å². The molecule has 2 heteroatoms. The van der Waals surface area contributed by atoms with Gasteiger partial charge in [-0.1, -0.05) is 18.6 Å².